The van der Waals surface area contributed by atoms with Crippen molar-refractivity contribution >= 4 is 23.3 Å². The van der Waals surface area contributed by atoms with E-state index in [1.165, 1.54) is 0 Å². The van der Waals surface area contributed by atoms with Crippen LogP contribution < -0.4 is 10.6 Å². The first-order chi connectivity index (χ1) is 9.85. The molecule has 0 aromatic carbocycles. The Kier molecular flexibility index (Phi) is 6.89. The zero-order chi connectivity index (χ0) is 16.0. The summed E-state index contributed by atoms with van der Waals surface area (Å²) < 4.78 is 0. The molecule has 1 heterocycles. The maximum Gasteiger partial charge on any atom is 0.242 e. The van der Waals surface area contributed by atoms with Crippen molar-refractivity contribution in [3.8, 4) is 0 Å². The van der Waals surface area contributed by atoms with Crippen LogP contribution in [0.25, 0.3) is 0 Å². The maximum absolute atomic E-state index is 12.0. The third kappa shape index (κ3) is 5.50. The molecule has 0 aliphatic rings. The summed E-state index contributed by atoms with van der Waals surface area (Å²) in [6.07, 6.45) is 1.71. The Morgan fingerprint density at radius 2 is 1.95 bits per heavy atom. The SMILES string of the molecule is CCCc1nc(Cl)c(C)c(NC(C)C(=O)NCC(C)C)n1. The van der Waals surface area contributed by atoms with Gasteiger partial charge in [-0.05, 0) is 26.2 Å². The third-order valence-corrected chi connectivity index (χ3v) is 3.41. The Balaban J connectivity index is 2.79. The number of hydrogen-bond acceptors (Lipinski definition) is 4. The van der Waals surface area contributed by atoms with Crippen LogP contribution in [-0.4, -0.2) is 28.5 Å². The minimum absolute atomic E-state index is 0.0464. The summed E-state index contributed by atoms with van der Waals surface area (Å²) in [7, 11) is 0. The summed E-state index contributed by atoms with van der Waals surface area (Å²) in [6, 6.07) is -0.372. The fourth-order valence-corrected chi connectivity index (χ4v) is 1.92. The molecule has 118 valence electrons. The number of aromatic nitrogens is 2. The highest BCUT2D eigenvalue weighted by molar-refractivity contribution is 6.30. The molecule has 1 aromatic heterocycles. The third-order valence-electron chi connectivity index (χ3n) is 3.04. The highest BCUT2D eigenvalue weighted by Gasteiger charge is 2.16. The monoisotopic (exact) mass is 312 g/mol. The number of nitrogens with zero attached hydrogens (tertiary/aromatic N) is 2. The van der Waals surface area contributed by atoms with Crippen molar-refractivity contribution in [2.24, 2.45) is 5.92 Å². The van der Waals surface area contributed by atoms with Gasteiger partial charge < -0.3 is 10.6 Å². The lowest BCUT2D eigenvalue weighted by atomic mass is 10.2. The quantitative estimate of drug-likeness (QED) is 0.760. The van der Waals surface area contributed by atoms with Crippen molar-refractivity contribution in [3.63, 3.8) is 0 Å². The zero-order valence-corrected chi connectivity index (χ0v) is 14.2. The Morgan fingerprint density at radius 3 is 2.52 bits per heavy atom. The molecule has 0 saturated carbocycles. The van der Waals surface area contributed by atoms with Crippen LogP contribution in [0.1, 0.15) is 45.5 Å². The molecule has 0 saturated heterocycles. The molecule has 0 fully saturated rings. The zero-order valence-electron chi connectivity index (χ0n) is 13.5. The second-order valence-corrected chi connectivity index (χ2v) is 6.02. The molecule has 2 N–H and O–H groups in total. The highest BCUT2D eigenvalue weighted by Crippen LogP contribution is 2.21. The van der Waals surface area contributed by atoms with Gasteiger partial charge >= 0.3 is 0 Å². The summed E-state index contributed by atoms with van der Waals surface area (Å²) in [4.78, 5) is 20.7. The van der Waals surface area contributed by atoms with Crippen LogP contribution in [0.3, 0.4) is 0 Å². The topological polar surface area (TPSA) is 66.9 Å². The molecule has 1 amide bonds. The first-order valence-electron chi connectivity index (χ1n) is 7.42. The Bertz CT molecular complexity index is 491. The largest absolute Gasteiger partial charge is 0.358 e. The van der Waals surface area contributed by atoms with Crippen molar-refractivity contribution in [1.29, 1.82) is 0 Å². The number of carbonyl (C=O) groups excluding carboxylic acids is 1. The predicted molar refractivity (Wildman–Crippen MR) is 86.7 cm³/mol. The van der Waals surface area contributed by atoms with E-state index in [4.69, 9.17) is 11.6 Å². The summed E-state index contributed by atoms with van der Waals surface area (Å²) in [5.41, 5.74) is 0.764. The van der Waals surface area contributed by atoms with Crippen LogP contribution in [0.2, 0.25) is 5.15 Å². The number of nitrogens with one attached hydrogen (secondary N) is 2. The van der Waals surface area contributed by atoms with Crippen molar-refractivity contribution in [3.05, 3.63) is 16.5 Å². The molecule has 0 bridgehead atoms. The molecule has 1 atom stereocenters. The highest BCUT2D eigenvalue weighted by atomic mass is 35.5. The molecule has 1 rings (SSSR count). The molecule has 1 aromatic rings. The fraction of sp³-hybridized carbons (Fsp3) is 0.667. The molecule has 21 heavy (non-hydrogen) atoms. The van der Waals surface area contributed by atoms with E-state index in [0.717, 1.165) is 18.4 Å². The van der Waals surface area contributed by atoms with E-state index in [2.05, 4.69) is 41.4 Å². The van der Waals surface area contributed by atoms with Crippen LogP contribution in [0.15, 0.2) is 0 Å². The molecular formula is C15H25ClN4O. The van der Waals surface area contributed by atoms with Gasteiger partial charge in [0.2, 0.25) is 5.91 Å². The summed E-state index contributed by atoms with van der Waals surface area (Å²) in [5, 5.41) is 6.46. The van der Waals surface area contributed by atoms with Crippen LogP contribution in [-0.2, 0) is 11.2 Å². The molecule has 6 heteroatoms. The van der Waals surface area contributed by atoms with E-state index in [9.17, 15) is 4.79 Å². The molecule has 0 spiro atoms. The molecule has 0 aliphatic carbocycles. The van der Waals surface area contributed by atoms with Crippen molar-refractivity contribution < 1.29 is 4.79 Å². The van der Waals surface area contributed by atoms with Crippen LogP contribution in [0.5, 0.6) is 0 Å². The van der Waals surface area contributed by atoms with E-state index in [0.29, 0.717) is 29.3 Å². The number of rotatable bonds is 7. The van der Waals surface area contributed by atoms with E-state index in [-0.39, 0.29) is 11.9 Å². The van der Waals surface area contributed by atoms with E-state index >= 15 is 0 Å². The minimum Gasteiger partial charge on any atom is -0.358 e. The second-order valence-electron chi connectivity index (χ2n) is 5.66. The average Bonchev–Trinajstić information content (AvgIpc) is 2.41. The lowest BCUT2D eigenvalue weighted by Crippen LogP contribution is -2.39. The number of anilines is 1. The predicted octanol–water partition coefficient (Wildman–Crippen LogP) is 2.96. The number of carbonyl (C=O) groups is 1. The van der Waals surface area contributed by atoms with Gasteiger partial charge in [0.1, 0.15) is 22.8 Å². The normalized spacial score (nSPS) is 12.3. The number of amides is 1. The molecule has 0 aliphatic heterocycles. The first-order valence-corrected chi connectivity index (χ1v) is 7.80. The van der Waals surface area contributed by atoms with Gasteiger partial charge in [-0.2, -0.15) is 0 Å². The van der Waals surface area contributed by atoms with E-state index in [1.807, 2.05) is 13.8 Å². The lowest BCUT2D eigenvalue weighted by molar-refractivity contribution is -0.121. The van der Waals surface area contributed by atoms with Gasteiger partial charge in [-0.25, -0.2) is 9.97 Å². The Labute approximate surface area is 131 Å². The van der Waals surface area contributed by atoms with Gasteiger partial charge in [0, 0.05) is 18.5 Å². The van der Waals surface area contributed by atoms with Crippen LogP contribution >= 0.6 is 11.6 Å². The smallest absolute Gasteiger partial charge is 0.242 e. The minimum atomic E-state index is -0.372. The Hall–Kier alpha value is -1.36. The van der Waals surface area contributed by atoms with Gasteiger partial charge in [0.15, 0.2) is 0 Å². The number of aryl methyl sites for hydroxylation is 1. The van der Waals surface area contributed by atoms with Crippen molar-refractivity contribution in [2.45, 2.75) is 53.5 Å². The summed E-state index contributed by atoms with van der Waals surface area (Å²) in [6.45, 7) is 10.5. The molecule has 5 nitrogen and oxygen atoms in total. The van der Waals surface area contributed by atoms with Crippen LogP contribution in [0, 0.1) is 12.8 Å². The van der Waals surface area contributed by atoms with Gasteiger partial charge in [-0.15, -0.1) is 0 Å². The molecular weight excluding hydrogens is 288 g/mol. The van der Waals surface area contributed by atoms with Crippen molar-refractivity contribution in [2.75, 3.05) is 11.9 Å². The van der Waals surface area contributed by atoms with Gasteiger partial charge in [0.25, 0.3) is 0 Å². The standard InChI is InChI=1S/C15H25ClN4O/c1-6-7-12-19-13(16)10(4)14(20-12)18-11(5)15(21)17-8-9(2)3/h9,11H,6-8H2,1-5H3,(H,17,21)(H,18,19,20). The summed E-state index contributed by atoms with van der Waals surface area (Å²) >= 11 is 6.13. The fourth-order valence-electron chi connectivity index (χ4n) is 1.74. The Morgan fingerprint density at radius 1 is 1.29 bits per heavy atom. The first kappa shape index (κ1) is 17.7. The van der Waals surface area contributed by atoms with E-state index in [1.54, 1.807) is 0 Å². The second kappa shape index (κ2) is 8.17. The lowest BCUT2D eigenvalue weighted by Gasteiger charge is -2.17. The van der Waals surface area contributed by atoms with Gasteiger partial charge in [0.05, 0.1) is 0 Å². The van der Waals surface area contributed by atoms with Gasteiger partial charge in [-0.1, -0.05) is 32.4 Å². The summed E-state index contributed by atoms with van der Waals surface area (Å²) in [5.74, 6) is 1.71. The number of hydrogen-bond donors (Lipinski definition) is 2. The van der Waals surface area contributed by atoms with E-state index < -0.39 is 0 Å². The van der Waals surface area contributed by atoms with Crippen molar-refractivity contribution in [1.82, 2.24) is 15.3 Å². The molecule has 1 unspecified atom stereocenters. The van der Waals surface area contributed by atoms with Gasteiger partial charge in [-0.3, -0.25) is 4.79 Å². The number of halogens is 1. The average molecular weight is 313 g/mol. The van der Waals surface area contributed by atoms with Crippen LogP contribution in [0.4, 0.5) is 5.82 Å². The molecule has 0 radical (unpaired) electrons. The maximum atomic E-state index is 12.0.